The van der Waals surface area contributed by atoms with Crippen LogP contribution in [0.5, 0.6) is 0 Å². The molecule has 0 fully saturated rings. The molecule has 3 rings (SSSR count). The van der Waals surface area contributed by atoms with Gasteiger partial charge in [0, 0.05) is 13.2 Å². The van der Waals surface area contributed by atoms with Crippen LogP contribution in [0.1, 0.15) is 16.1 Å². The summed E-state index contributed by atoms with van der Waals surface area (Å²) in [5, 5.41) is 10.8. The van der Waals surface area contributed by atoms with Crippen molar-refractivity contribution in [3.8, 4) is 0 Å². The Morgan fingerprint density at radius 3 is 2.72 bits per heavy atom. The van der Waals surface area contributed by atoms with Crippen LogP contribution in [-0.2, 0) is 16.4 Å². The second-order valence-electron chi connectivity index (χ2n) is 5.54. The number of aryl methyl sites for hydroxylation is 1. The van der Waals surface area contributed by atoms with Gasteiger partial charge in [-0.1, -0.05) is 42.5 Å². The fourth-order valence-electron chi connectivity index (χ4n) is 2.63. The van der Waals surface area contributed by atoms with Gasteiger partial charge in [-0.15, -0.1) is 0 Å². The van der Waals surface area contributed by atoms with Gasteiger partial charge in [0.25, 0.3) is 5.91 Å². The molecule has 1 aromatic heterocycles. The Morgan fingerprint density at radius 2 is 1.92 bits per heavy atom. The molecule has 0 aliphatic rings. The van der Waals surface area contributed by atoms with Crippen LogP contribution in [0.3, 0.4) is 0 Å². The maximum Gasteiger partial charge on any atom is 0.273 e. The topological polar surface area (TPSA) is 104 Å². The third-order valence-corrected chi connectivity index (χ3v) is 5.14. The second kappa shape index (κ2) is 6.94. The number of aromatic nitrogens is 2. The maximum absolute atomic E-state index is 12.4. The van der Waals surface area contributed by atoms with Crippen molar-refractivity contribution in [1.82, 2.24) is 15.5 Å². The van der Waals surface area contributed by atoms with E-state index < -0.39 is 15.9 Å². The first-order valence-corrected chi connectivity index (χ1v) is 9.38. The van der Waals surface area contributed by atoms with Crippen LogP contribution in [0, 0.1) is 0 Å². The minimum atomic E-state index is -3.63. The Hall–Kier alpha value is -2.87. The van der Waals surface area contributed by atoms with Gasteiger partial charge < -0.3 is 5.32 Å². The number of anilines is 1. The van der Waals surface area contributed by atoms with Gasteiger partial charge in [0.2, 0.25) is 10.0 Å². The van der Waals surface area contributed by atoms with Gasteiger partial charge in [-0.25, -0.2) is 8.42 Å². The lowest BCUT2D eigenvalue weighted by atomic mass is 10.0. The molecular weight excluding hydrogens is 340 g/mol. The molecule has 0 radical (unpaired) electrons. The van der Waals surface area contributed by atoms with Crippen LogP contribution in [0.15, 0.2) is 48.7 Å². The zero-order chi connectivity index (χ0) is 17.9. The third-order valence-electron chi connectivity index (χ3n) is 3.87. The van der Waals surface area contributed by atoms with E-state index in [1.165, 1.54) is 13.2 Å². The third kappa shape index (κ3) is 3.80. The van der Waals surface area contributed by atoms with E-state index in [2.05, 4.69) is 20.2 Å². The van der Waals surface area contributed by atoms with Gasteiger partial charge in [-0.2, -0.15) is 5.10 Å². The highest BCUT2D eigenvalue weighted by Crippen LogP contribution is 2.20. The standard InChI is InChI=1S/C17H18N4O3S/c1-18-17(22)16-15(11-19-20-16)21-25(23,24)10-9-13-7-4-6-12-5-2-3-8-14(12)13/h2-8,11,21H,9-10H2,1H3,(H,18,22)(H,19,20). The van der Waals surface area contributed by atoms with Crippen LogP contribution < -0.4 is 10.0 Å². The molecule has 8 heteroatoms. The van der Waals surface area contributed by atoms with E-state index in [4.69, 9.17) is 0 Å². The molecule has 0 aliphatic carbocycles. The van der Waals surface area contributed by atoms with Crippen LogP contribution in [0.25, 0.3) is 10.8 Å². The van der Waals surface area contributed by atoms with Crippen LogP contribution in [0.4, 0.5) is 5.69 Å². The number of nitrogens with zero attached hydrogens (tertiary/aromatic N) is 1. The monoisotopic (exact) mass is 358 g/mol. The molecular formula is C17H18N4O3S. The number of benzene rings is 2. The fourth-order valence-corrected chi connectivity index (χ4v) is 3.71. The van der Waals surface area contributed by atoms with E-state index in [9.17, 15) is 13.2 Å². The Labute approximate surface area is 145 Å². The van der Waals surface area contributed by atoms with E-state index in [0.29, 0.717) is 6.42 Å². The first-order valence-electron chi connectivity index (χ1n) is 7.73. The average molecular weight is 358 g/mol. The Bertz CT molecular complexity index is 1010. The van der Waals surface area contributed by atoms with Crippen LogP contribution in [0.2, 0.25) is 0 Å². The molecule has 2 aromatic carbocycles. The number of hydrogen-bond donors (Lipinski definition) is 3. The summed E-state index contributed by atoms with van der Waals surface area (Å²) in [6.45, 7) is 0. The maximum atomic E-state index is 12.4. The van der Waals surface area contributed by atoms with E-state index in [0.717, 1.165) is 16.3 Å². The number of amides is 1. The lowest BCUT2D eigenvalue weighted by Gasteiger charge is -2.09. The number of aromatic amines is 1. The number of carbonyl (C=O) groups excluding carboxylic acids is 1. The van der Waals surface area contributed by atoms with Crippen molar-refractivity contribution in [2.45, 2.75) is 6.42 Å². The molecule has 130 valence electrons. The quantitative estimate of drug-likeness (QED) is 0.626. The second-order valence-corrected chi connectivity index (χ2v) is 7.38. The van der Waals surface area contributed by atoms with Crippen molar-refractivity contribution >= 4 is 32.4 Å². The SMILES string of the molecule is CNC(=O)c1n[nH]cc1NS(=O)(=O)CCc1cccc2ccccc12. The predicted octanol–water partition coefficient (Wildman–Crippen LogP) is 1.91. The van der Waals surface area contributed by atoms with E-state index in [1.54, 1.807) is 0 Å². The Balaban J connectivity index is 1.76. The highest BCUT2D eigenvalue weighted by atomic mass is 32.2. The summed E-state index contributed by atoms with van der Waals surface area (Å²) in [6, 6.07) is 13.7. The summed E-state index contributed by atoms with van der Waals surface area (Å²) in [6.07, 6.45) is 1.71. The van der Waals surface area contributed by atoms with Gasteiger partial charge in [-0.05, 0) is 22.8 Å². The number of hydrogen-bond acceptors (Lipinski definition) is 4. The minimum absolute atomic E-state index is 0.0104. The zero-order valence-electron chi connectivity index (χ0n) is 13.6. The summed E-state index contributed by atoms with van der Waals surface area (Å²) in [7, 11) is -2.17. The van der Waals surface area contributed by atoms with Gasteiger partial charge in [-0.3, -0.25) is 14.6 Å². The highest BCUT2D eigenvalue weighted by molar-refractivity contribution is 7.92. The number of nitrogens with one attached hydrogen (secondary N) is 3. The van der Waals surface area contributed by atoms with Crippen LogP contribution in [-0.4, -0.2) is 37.3 Å². The summed E-state index contributed by atoms with van der Waals surface area (Å²) >= 11 is 0. The van der Waals surface area contributed by atoms with Gasteiger partial charge in [0.05, 0.1) is 11.4 Å². The molecule has 0 bridgehead atoms. The summed E-state index contributed by atoms with van der Waals surface area (Å²) in [5.74, 6) is -0.563. The molecule has 0 unspecified atom stereocenters. The van der Waals surface area contributed by atoms with Crippen molar-refractivity contribution in [3.05, 3.63) is 59.9 Å². The number of sulfonamides is 1. The smallest absolute Gasteiger partial charge is 0.273 e. The highest BCUT2D eigenvalue weighted by Gasteiger charge is 2.19. The lowest BCUT2D eigenvalue weighted by molar-refractivity contribution is 0.0959. The van der Waals surface area contributed by atoms with Gasteiger partial charge >= 0.3 is 0 Å². The van der Waals surface area contributed by atoms with Crippen molar-refractivity contribution in [2.75, 3.05) is 17.5 Å². The predicted molar refractivity (Wildman–Crippen MR) is 97.0 cm³/mol. The zero-order valence-corrected chi connectivity index (χ0v) is 14.4. The minimum Gasteiger partial charge on any atom is -0.354 e. The van der Waals surface area contributed by atoms with Crippen molar-refractivity contribution < 1.29 is 13.2 Å². The molecule has 3 aromatic rings. The molecule has 1 amide bonds. The molecule has 3 N–H and O–H groups in total. The van der Waals surface area contributed by atoms with Gasteiger partial charge in [0.15, 0.2) is 5.69 Å². The Morgan fingerprint density at radius 1 is 1.16 bits per heavy atom. The Kier molecular flexibility index (Phi) is 4.71. The first-order chi connectivity index (χ1) is 12.0. The summed E-state index contributed by atoms with van der Waals surface area (Å²) < 4.78 is 27.2. The first kappa shape index (κ1) is 17.0. The normalized spacial score (nSPS) is 11.4. The van der Waals surface area contributed by atoms with E-state index in [1.807, 2.05) is 42.5 Å². The van der Waals surface area contributed by atoms with Crippen molar-refractivity contribution in [2.24, 2.45) is 0 Å². The lowest BCUT2D eigenvalue weighted by Crippen LogP contribution is -2.23. The molecule has 25 heavy (non-hydrogen) atoms. The van der Waals surface area contributed by atoms with Gasteiger partial charge in [0.1, 0.15) is 0 Å². The summed E-state index contributed by atoms with van der Waals surface area (Å²) in [5.41, 5.74) is 1.11. The van der Waals surface area contributed by atoms with Crippen molar-refractivity contribution in [1.29, 1.82) is 0 Å². The molecule has 1 heterocycles. The molecule has 0 saturated heterocycles. The largest absolute Gasteiger partial charge is 0.354 e. The van der Waals surface area contributed by atoms with Crippen molar-refractivity contribution in [3.63, 3.8) is 0 Å². The molecule has 0 aliphatic heterocycles. The van der Waals surface area contributed by atoms with Crippen LogP contribution >= 0.6 is 0 Å². The van der Waals surface area contributed by atoms with E-state index in [-0.39, 0.29) is 17.1 Å². The fraction of sp³-hybridized carbons (Fsp3) is 0.176. The average Bonchev–Trinajstić information content (AvgIpc) is 3.06. The molecule has 0 atom stereocenters. The number of carbonyl (C=O) groups is 1. The number of rotatable bonds is 6. The number of fused-ring (bicyclic) bond motifs is 1. The molecule has 0 saturated carbocycles. The summed E-state index contributed by atoms with van der Waals surface area (Å²) in [4.78, 5) is 11.7. The van der Waals surface area contributed by atoms with E-state index >= 15 is 0 Å². The number of H-pyrrole nitrogens is 1. The molecule has 7 nitrogen and oxygen atoms in total. The molecule has 0 spiro atoms.